The maximum atomic E-state index is 2.36. The van der Waals surface area contributed by atoms with Crippen molar-refractivity contribution < 1.29 is 0 Å². The molecule has 0 aromatic rings. The molecule has 0 aromatic carbocycles. The average Bonchev–Trinajstić information content (AvgIpc) is 3.35. The normalized spacial score (nSPS) is 23.4. The fraction of sp³-hybridized carbons (Fsp3) is 0.273. The maximum absolute atomic E-state index is 2.36. The lowest BCUT2D eigenvalue weighted by atomic mass is 9.95. The van der Waals surface area contributed by atoms with E-state index in [-0.39, 0.29) is 0 Å². The molecule has 4 aliphatic carbocycles. The van der Waals surface area contributed by atoms with Gasteiger partial charge in [-0.2, -0.15) is 11.8 Å². The molecule has 0 radical (unpaired) electrons. The third-order valence-corrected chi connectivity index (χ3v) is 6.83. The van der Waals surface area contributed by atoms with Crippen LogP contribution in [0, 0.1) is 23.7 Å². The van der Waals surface area contributed by atoms with E-state index in [4.69, 9.17) is 0 Å². The molecule has 116 valence electrons. The minimum Gasteiger partial charge on any atom is -0.151 e. The quantitative estimate of drug-likeness (QED) is 0.629. The van der Waals surface area contributed by atoms with Gasteiger partial charge in [0.05, 0.1) is 0 Å². The predicted molar refractivity (Wildman–Crippen MR) is 102 cm³/mol. The smallest absolute Gasteiger partial charge is 0.0246 e. The Bertz CT molecular complexity index is 506. The first kappa shape index (κ1) is 14.8. The lowest BCUT2D eigenvalue weighted by molar-refractivity contribution is 0.618. The first-order chi connectivity index (χ1) is 11.4. The number of hydrogen-bond acceptors (Lipinski definition) is 1. The zero-order valence-electron chi connectivity index (χ0n) is 13.1. The van der Waals surface area contributed by atoms with Gasteiger partial charge in [0.2, 0.25) is 0 Å². The lowest BCUT2D eigenvalue weighted by Gasteiger charge is -2.33. The highest BCUT2D eigenvalue weighted by atomic mass is 32.2. The largest absolute Gasteiger partial charge is 0.151 e. The summed E-state index contributed by atoms with van der Waals surface area (Å²) in [6, 6.07) is 0. The summed E-state index contributed by atoms with van der Waals surface area (Å²) in [5.74, 6) is 2.12. The van der Waals surface area contributed by atoms with Gasteiger partial charge in [-0.15, -0.1) is 0 Å². The monoisotopic (exact) mass is 318 g/mol. The molecule has 1 heteroatoms. The molecule has 0 saturated carbocycles. The van der Waals surface area contributed by atoms with Crippen molar-refractivity contribution in [1.29, 1.82) is 0 Å². The maximum Gasteiger partial charge on any atom is 0.0246 e. The number of rotatable bonds is 6. The van der Waals surface area contributed by atoms with Crippen LogP contribution < -0.4 is 0 Å². The van der Waals surface area contributed by atoms with Gasteiger partial charge >= 0.3 is 0 Å². The van der Waals surface area contributed by atoms with E-state index < -0.39 is 0 Å². The molecule has 0 saturated heterocycles. The van der Waals surface area contributed by atoms with E-state index in [0.717, 1.165) is 0 Å². The van der Waals surface area contributed by atoms with E-state index in [0.29, 0.717) is 34.2 Å². The van der Waals surface area contributed by atoms with Crippen LogP contribution in [0.25, 0.3) is 0 Å². The molecule has 0 unspecified atom stereocenters. The second-order valence-electron chi connectivity index (χ2n) is 6.45. The highest BCUT2D eigenvalue weighted by molar-refractivity contribution is 8.00. The third kappa shape index (κ3) is 3.16. The van der Waals surface area contributed by atoms with Crippen LogP contribution in [-0.2, 0) is 0 Å². The van der Waals surface area contributed by atoms with Crippen molar-refractivity contribution in [3.63, 3.8) is 0 Å². The van der Waals surface area contributed by atoms with E-state index in [1.807, 2.05) is 0 Å². The number of thioether (sulfide) groups is 1. The number of hydrogen-bond donors (Lipinski definition) is 0. The highest BCUT2D eigenvalue weighted by Crippen LogP contribution is 2.43. The van der Waals surface area contributed by atoms with Crippen molar-refractivity contribution >= 4 is 11.8 Å². The summed E-state index contributed by atoms with van der Waals surface area (Å²) < 4.78 is 0. The Morgan fingerprint density at radius 1 is 0.391 bits per heavy atom. The Labute approximate surface area is 143 Å². The minimum absolute atomic E-state index is 0.531. The topological polar surface area (TPSA) is 0 Å². The molecule has 0 N–H and O–H groups in total. The fourth-order valence-corrected chi connectivity index (χ4v) is 5.54. The molecule has 0 nitrogen and oxygen atoms in total. The second-order valence-corrected chi connectivity index (χ2v) is 7.81. The van der Waals surface area contributed by atoms with Crippen LogP contribution in [0.4, 0.5) is 0 Å². The van der Waals surface area contributed by atoms with Gasteiger partial charge in [0, 0.05) is 34.2 Å². The van der Waals surface area contributed by atoms with Gasteiger partial charge in [-0.3, -0.25) is 0 Å². The van der Waals surface area contributed by atoms with Crippen LogP contribution in [0.5, 0.6) is 0 Å². The van der Waals surface area contributed by atoms with Crippen molar-refractivity contribution in [3.8, 4) is 0 Å². The van der Waals surface area contributed by atoms with Gasteiger partial charge in [0.25, 0.3) is 0 Å². The van der Waals surface area contributed by atoms with Crippen LogP contribution in [0.15, 0.2) is 97.2 Å². The lowest BCUT2D eigenvalue weighted by Crippen LogP contribution is -2.29. The molecule has 4 aliphatic rings. The molecule has 0 aliphatic heterocycles. The van der Waals surface area contributed by atoms with Crippen molar-refractivity contribution in [2.24, 2.45) is 23.7 Å². The van der Waals surface area contributed by atoms with Crippen molar-refractivity contribution in [2.75, 3.05) is 0 Å². The third-order valence-electron chi connectivity index (χ3n) is 4.94. The Balaban J connectivity index is 1.59. The van der Waals surface area contributed by atoms with Crippen molar-refractivity contribution in [1.82, 2.24) is 0 Å². The summed E-state index contributed by atoms with van der Waals surface area (Å²) in [5.41, 5.74) is 0. The summed E-state index contributed by atoms with van der Waals surface area (Å²) in [5, 5.41) is 1.13. The fourth-order valence-electron chi connectivity index (χ4n) is 3.73. The van der Waals surface area contributed by atoms with E-state index in [9.17, 15) is 0 Å². The predicted octanol–water partition coefficient (Wildman–Crippen LogP) is 5.43. The molecular formula is C22H22S. The van der Waals surface area contributed by atoms with Crippen LogP contribution in [0.2, 0.25) is 0 Å². The summed E-state index contributed by atoms with van der Waals surface area (Å²) in [4.78, 5) is 0. The Hall–Kier alpha value is -1.73. The zero-order valence-corrected chi connectivity index (χ0v) is 13.9. The molecule has 0 aromatic heterocycles. The Morgan fingerprint density at radius 3 is 0.826 bits per heavy atom. The molecule has 0 spiro atoms. The summed E-state index contributed by atoms with van der Waals surface area (Å²) >= 11 is 2.17. The zero-order chi connectivity index (χ0) is 15.5. The van der Waals surface area contributed by atoms with Crippen LogP contribution in [0.1, 0.15) is 0 Å². The summed E-state index contributed by atoms with van der Waals surface area (Å²) in [6.07, 6.45) is 36.4. The first-order valence-corrected chi connectivity index (χ1v) is 9.41. The molecule has 0 amide bonds. The summed E-state index contributed by atoms with van der Waals surface area (Å²) in [6.45, 7) is 0. The van der Waals surface area contributed by atoms with Crippen LogP contribution >= 0.6 is 11.8 Å². The van der Waals surface area contributed by atoms with Crippen molar-refractivity contribution in [3.05, 3.63) is 97.2 Å². The van der Waals surface area contributed by atoms with Crippen LogP contribution in [-0.4, -0.2) is 10.5 Å². The summed E-state index contributed by atoms with van der Waals surface area (Å²) in [7, 11) is 0. The molecule has 4 rings (SSSR count). The standard InChI is InChI=1S/C22H22S/c1-2-10-17(9-1)21(18-11-3-4-12-18)23-22(19-13-5-6-14-19)20-15-7-8-16-20/h1-22H. The average molecular weight is 318 g/mol. The molecule has 0 bridgehead atoms. The number of allylic oxidation sites excluding steroid dienone is 16. The molecular weight excluding hydrogens is 296 g/mol. The van der Waals surface area contributed by atoms with Crippen LogP contribution in [0.3, 0.4) is 0 Å². The molecule has 0 atom stereocenters. The molecule has 0 heterocycles. The van der Waals surface area contributed by atoms with E-state index in [1.54, 1.807) is 0 Å². The van der Waals surface area contributed by atoms with Crippen molar-refractivity contribution in [2.45, 2.75) is 10.5 Å². The van der Waals surface area contributed by atoms with Gasteiger partial charge in [-0.25, -0.2) is 0 Å². The Morgan fingerprint density at radius 2 is 0.609 bits per heavy atom. The van der Waals surface area contributed by atoms with Gasteiger partial charge in [-0.05, 0) is 0 Å². The van der Waals surface area contributed by atoms with Gasteiger partial charge < -0.3 is 0 Å². The minimum atomic E-state index is 0.531. The SMILES string of the molecule is C1=CC(C(SC(C2C=CC=C2)C2C=CC=C2)C2C=CC=C2)C=C1. The van der Waals surface area contributed by atoms with Gasteiger partial charge in [-0.1, -0.05) is 97.2 Å². The second kappa shape index (κ2) is 6.80. The van der Waals surface area contributed by atoms with Gasteiger partial charge in [0.15, 0.2) is 0 Å². The highest BCUT2D eigenvalue weighted by Gasteiger charge is 2.34. The Kier molecular flexibility index (Phi) is 4.39. The first-order valence-electron chi connectivity index (χ1n) is 8.47. The van der Waals surface area contributed by atoms with E-state index in [2.05, 4.69) is 109 Å². The molecule has 0 fully saturated rings. The molecule has 23 heavy (non-hydrogen) atoms. The van der Waals surface area contributed by atoms with Gasteiger partial charge in [0.1, 0.15) is 0 Å². The van der Waals surface area contributed by atoms with E-state index >= 15 is 0 Å². The van der Waals surface area contributed by atoms with E-state index in [1.165, 1.54) is 0 Å².